The van der Waals surface area contributed by atoms with Crippen molar-refractivity contribution in [2.75, 3.05) is 26.7 Å². The first-order chi connectivity index (χ1) is 6.70. The lowest BCUT2D eigenvalue weighted by Crippen LogP contribution is -2.38. The van der Waals surface area contributed by atoms with Crippen molar-refractivity contribution in [2.45, 2.75) is 31.7 Å². The van der Waals surface area contributed by atoms with Crippen LogP contribution in [0, 0.1) is 0 Å². The van der Waals surface area contributed by atoms with Gasteiger partial charge in [-0.1, -0.05) is 12.8 Å². The number of nitrogens with one attached hydrogen (secondary N) is 1. The molecular weight excluding hydrogens is 178 g/mol. The zero-order chi connectivity index (χ0) is 10.4. The maximum atomic E-state index is 10.4. The molecular formula is C10H21N3O. The second-order valence-corrected chi connectivity index (χ2v) is 4.06. The van der Waals surface area contributed by atoms with Crippen LogP contribution in [0.15, 0.2) is 0 Å². The highest BCUT2D eigenvalue weighted by Crippen LogP contribution is 2.21. The van der Waals surface area contributed by atoms with E-state index in [1.807, 2.05) is 0 Å². The number of likely N-dealkylation sites (N-methyl/N-ethyl adjacent to an activating group) is 1. The van der Waals surface area contributed by atoms with E-state index in [-0.39, 0.29) is 5.91 Å². The van der Waals surface area contributed by atoms with E-state index < -0.39 is 0 Å². The van der Waals surface area contributed by atoms with Gasteiger partial charge in [-0.05, 0) is 19.9 Å². The van der Waals surface area contributed by atoms with E-state index >= 15 is 0 Å². The lowest BCUT2D eigenvalue weighted by molar-refractivity contribution is -0.117. The quantitative estimate of drug-likeness (QED) is 0.589. The zero-order valence-electron chi connectivity index (χ0n) is 8.96. The molecule has 0 aromatic carbocycles. The average Bonchev–Trinajstić information content (AvgIpc) is 2.64. The van der Waals surface area contributed by atoms with Crippen LogP contribution in [0.5, 0.6) is 0 Å². The maximum Gasteiger partial charge on any atom is 0.231 e. The predicted molar refractivity (Wildman–Crippen MR) is 57.0 cm³/mol. The third kappa shape index (κ3) is 4.07. The van der Waals surface area contributed by atoms with Crippen molar-refractivity contribution in [3.63, 3.8) is 0 Å². The predicted octanol–water partition coefficient (Wildman–Crippen LogP) is -0.0643. The second-order valence-electron chi connectivity index (χ2n) is 4.06. The van der Waals surface area contributed by atoms with Crippen molar-refractivity contribution in [3.8, 4) is 0 Å². The van der Waals surface area contributed by atoms with Crippen molar-refractivity contribution >= 4 is 5.91 Å². The number of hydrogen-bond acceptors (Lipinski definition) is 3. The molecule has 0 aliphatic heterocycles. The number of amides is 1. The molecule has 1 rings (SSSR count). The van der Waals surface area contributed by atoms with Crippen LogP contribution in [0.3, 0.4) is 0 Å². The molecule has 0 aromatic rings. The highest BCUT2D eigenvalue weighted by molar-refractivity contribution is 5.75. The minimum absolute atomic E-state index is 0.284. The van der Waals surface area contributed by atoms with Gasteiger partial charge in [0, 0.05) is 19.1 Å². The first kappa shape index (κ1) is 11.5. The van der Waals surface area contributed by atoms with Gasteiger partial charge in [-0.2, -0.15) is 0 Å². The Bertz CT molecular complexity index is 178. The summed E-state index contributed by atoms with van der Waals surface area (Å²) in [6.45, 7) is 2.13. The molecule has 4 heteroatoms. The van der Waals surface area contributed by atoms with Crippen LogP contribution in [0.2, 0.25) is 0 Å². The van der Waals surface area contributed by atoms with Gasteiger partial charge in [0.25, 0.3) is 0 Å². The lowest BCUT2D eigenvalue weighted by Gasteiger charge is -2.23. The van der Waals surface area contributed by atoms with Crippen molar-refractivity contribution in [1.82, 2.24) is 10.2 Å². The number of carbonyl (C=O) groups excluding carboxylic acids is 1. The Morgan fingerprint density at radius 2 is 2.14 bits per heavy atom. The normalized spacial score (nSPS) is 17.9. The van der Waals surface area contributed by atoms with Gasteiger partial charge in [-0.25, -0.2) is 0 Å². The summed E-state index contributed by atoms with van der Waals surface area (Å²) < 4.78 is 0. The average molecular weight is 199 g/mol. The summed E-state index contributed by atoms with van der Waals surface area (Å²) in [7, 11) is 2.15. The Morgan fingerprint density at radius 3 is 2.71 bits per heavy atom. The summed E-state index contributed by atoms with van der Waals surface area (Å²) in [4.78, 5) is 12.8. The number of nitrogens with two attached hydrogens (primary N) is 1. The first-order valence-electron chi connectivity index (χ1n) is 5.39. The molecule has 0 heterocycles. The Hall–Kier alpha value is -0.610. The molecule has 0 aromatic heterocycles. The zero-order valence-corrected chi connectivity index (χ0v) is 8.96. The molecule has 0 unspecified atom stereocenters. The van der Waals surface area contributed by atoms with Crippen LogP contribution in [0.4, 0.5) is 0 Å². The Labute approximate surface area is 85.8 Å². The standard InChI is InChI=1S/C10H21N3O/c1-13(9-4-2-3-5-9)7-6-12-8-10(11)14/h9,12H,2-8H2,1H3,(H2,11,14). The minimum atomic E-state index is -0.284. The van der Waals surface area contributed by atoms with Gasteiger partial charge in [0.2, 0.25) is 5.91 Å². The third-order valence-electron chi connectivity index (χ3n) is 2.89. The summed E-state index contributed by atoms with van der Waals surface area (Å²) in [6.07, 6.45) is 5.38. The van der Waals surface area contributed by atoms with Gasteiger partial charge in [-0.3, -0.25) is 4.79 Å². The Balaban J connectivity index is 2.02. The first-order valence-corrected chi connectivity index (χ1v) is 5.39. The maximum absolute atomic E-state index is 10.4. The molecule has 0 radical (unpaired) electrons. The molecule has 1 amide bonds. The number of nitrogens with zero attached hydrogens (tertiary/aromatic N) is 1. The van der Waals surface area contributed by atoms with E-state index in [1.165, 1.54) is 25.7 Å². The summed E-state index contributed by atoms with van der Waals surface area (Å²) >= 11 is 0. The van der Waals surface area contributed by atoms with E-state index in [9.17, 15) is 4.79 Å². The van der Waals surface area contributed by atoms with Crippen LogP contribution in [0.25, 0.3) is 0 Å². The van der Waals surface area contributed by atoms with Crippen molar-refractivity contribution in [2.24, 2.45) is 5.73 Å². The van der Waals surface area contributed by atoms with Gasteiger partial charge in [0.1, 0.15) is 0 Å². The summed E-state index contributed by atoms with van der Waals surface area (Å²) in [5.74, 6) is -0.284. The number of carbonyl (C=O) groups is 1. The van der Waals surface area contributed by atoms with Crippen LogP contribution in [-0.4, -0.2) is 43.5 Å². The second kappa shape index (κ2) is 5.98. The summed E-state index contributed by atoms with van der Waals surface area (Å²) in [6, 6.07) is 0.755. The lowest BCUT2D eigenvalue weighted by atomic mass is 10.2. The van der Waals surface area contributed by atoms with E-state index in [4.69, 9.17) is 5.73 Å². The molecule has 0 saturated heterocycles. The third-order valence-corrected chi connectivity index (χ3v) is 2.89. The summed E-state index contributed by atoms with van der Waals surface area (Å²) in [5, 5.41) is 3.02. The molecule has 14 heavy (non-hydrogen) atoms. The molecule has 82 valence electrons. The topological polar surface area (TPSA) is 58.4 Å². The molecule has 1 saturated carbocycles. The molecule has 0 bridgehead atoms. The largest absolute Gasteiger partial charge is 0.369 e. The monoisotopic (exact) mass is 199 g/mol. The van der Waals surface area contributed by atoms with Gasteiger partial charge >= 0.3 is 0 Å². The summed E-state index contributed by atoms with van der Waals surface area (Å²) in [5.41, 5.74) is 5.02. The molecule has 4 nitrogen and oxygen atoms in total. The van der Waals surface area contributed by atoms with Gasteiger partial charge in [0.05, 0.1) is 6.54 Å². The molecule has 0 atom stereocenters. The minimum Gasteiger partial charge on any atom is -0.369 e. The molecule has 0 spiro atoms. The SMILES string of the molecule is CN(CCNCC(N)=O)C1CCCC1. The van der Waals surface area contributed by atoms with Crippen LogP contribution < -0.4 is 11.1 Å². The Kier molecular flexibility index (Phi) is 4.90. The van der Waals surface area contributed by atoms with Gasteiger partial charge < -0.3 is 16.0 Å². The van der Waals surface area contributed by atoms with E-state index in [1.54, 1.807) is 0 Å². The molecule has 1 aliphatic carbocycles. The van der Waals surface area contributed by atoms with Crippen LogP contribution in [0.1, 0.15) is 25.7 Å². The van der Waals surface area contributed by atoms with Gasteiger partial charge in [-0.15, -0.1) is 0 Å². The number of primary amides is 1. The number of hydrogen-bond donors (Lipinski definition) is 2. The van der Waals surface area contributed by atoms with Crippen molar-refractivity contribution < 1.29 is 4.79 Å². The smallest absolute Gasteiger partial charge is 0.231 e. The van der Waals surface area contributed by atoms with Crippen LogP contribution in [-0.2, 0) is 4.79 Å². The molecule has 1 fully saturated rings. The van der Waals surface area contributed by atoms with Crippen LogP contribution >= 0.6 is 0 Å². The van der Waals surface area contributed by atoms with E-state index in [0.29, 0.717) is 6.54 Å². The van der Waals surface area contributed by atoms with E-state index in [0.717, 1.165) is 19.1 Å². The van der Waals surface area contributed by atoms with Crippen molar-refractivity contribution in [3.05, 3.63) is 0 Å². The molecule has 1 aliphatic rings. The number of rotatable bonds is 6. The van der Waals surface area contributed by atoms with Crippen molar-refractivity contribution in [1.29, 1.82) is 0 Å². The Morgan fingerprint density at radius 1 is 1.50 bits per heavy atom. The fraction of sp³-hybridized carbons (Fsp3) is 0.900. The highest BCUT2D eigenvalue weighted by Gasteiger charge is 2.18. The fourth-order valence-corrected chi connectivity index (χ4v) is 1.99. The molecule has 3 N–H and O–H groups in total. The van der Waals surface area contributed by atoms with Gasteiger partial charge in [0.15, 0.2) is 0 Å². The highest BCUT2D eigenvalue weighted by atomic mass is 16.1. The fourth-order valence-electron chi connectivity index (χ4n) is 1.99. The van der Waals surface area contributed by atoms with E-state index in [2.05, 4.69) is 17.3 Å².